The zero-order chi connectivity index (χ0) is 17.0. The van der Waals surface area contributed by atoms with E-state index in [0.717, 1.165) is 31.2 Å². The van der Waals surface area contributed by atoms with E-state index < -0.39 is 5.54 Å². The Morgan fingerprint density at radius 1 is 1.21 bits per heavy atom. The van der Waals surface area contributed by atoms with Crippen LogP contribution in [0.5, 0.6) is 0 Å². The lowest BCUT2D eigenvalue weighted by Crippen LogP contribution is -2.35. The number of halogens is 1. The van der Waals surface area contributed by atoms with E-state index in [1.54, 1.807) is 12.1 Å². The van der Waals surface area contributed by atoms with E-state index in [4.69, 9.17) is 10.3 Å². The first-order valence-corrected chi connectivity index (χ1v) is 7.93. The molecule has 1 aromatic carbocycles. The summed E-state index contributed by atoms with van der Waals surface area (Å²) in [5.41, 5.74) is 6.56. The zero-order valence-corrected chi connectivity index (χ0v) is 13.2. The lowest BCUT2D eigenvalue weighted by atomic mass is 9.99. The maximum Gasteiger partial charge on any atom is 0.315 e. The minimum atomic E-state index is -0.507. The standard InChI is InChI=1S/C16H20FN5O2/c17-12-5-3-11(4-6-12)9-19-15(23)20-10-13-21-14(22-24-13)16(18)7-1-2-8-16/h3-6H,1-2,7-10,18H2,(H2,19,20,23). The molecule has 8 heteroatoms. The van der Waals surface area contributed by atoms with Gasteiger partial charge in [-0.05, 0) is 30.5 Å². The summed E-state index contributed by atoms with van der Waals surface area (Å²) in [4.78, 5) is 16.0. The average Bonchev–Trinajstić information content (AvgIpc) is 3.22. The van der Waals surface area contributed by atoms with Gasteiger partial charge < -0.3 is 20.9 Å². The molecule has 4 N–H and O–H groups in total. The molecular formula is C16H20FN5O2. The zero-order valence-electron chi connectivity index (χ0n) is 13.2. The smallest absolute Gasteiger partial charge is 0.315 e. The summed E-state index contributed by atoms with van der Waals surface area (Å²) in [6.45, 7) is 0.422. The molecule has 0 saturated heterocycles. The van der Waals surface area contributed by atoms with E-state index in [9.17, 15) is 9.18 Å². The lowest BCUT2D eigenvalue weighted by Gasteiger charge is -2.17. The minimum Gasteiger partial charge on any atom is -0.337 e. The number of hydrogen-bond donors (Lipinski definition) is 3. The quantitative estimate of drug-likeness (QED) is 0.775. The monoisotopic (exact) mass is 333 g/mol. The molecule has 1 aliphatic carbocycles. The van der Waals surface area contributed by atoms with Gasteiger partial charge >= 0.3 is 6.03 Å². The van der Waals surface area contributed by atoms with Gasteiger partial charge in [-0.3, -0.25) is 0 Å². The van der Waals surface area contributed by atoms with Gasteiger partial charge in [0.1, 0.15) is 5.82 Å². The number of benzene rings is 1. The highest BCUT2D eigenvalue weighted by molar-refractivity contribution is 5.73. The van der Waals surface area contributed by atoms with E-state index in [-0.39, 0.29) is 18.4 Å². The van der Waals surface area contributed by atoms with Crippen molar-refractivity contribution in [1.29, 1.82) is 0 Å². The molecule has 0 spiro atoms. The van der Waals surface area contributed by atoms with Gasteiger partial charge in [-0.1, -0.05) is 30.1 Å². The Labute approximate surface area is 138 Å². The minimum absolute atomic E-state index is 0.123. The van der Waals surface area contributed by atoms with E-state index in [1.165, 1.54) is 12.1 Å². The van der Waals surface area contributed by atoms with Gasteiger partial charge in [0, 0.05) is 6.54 Å². The van der Waals surface area contributed by atoms with Crippen LogP contribution in [-0.2, 0) is 18.6 Å². The highest BCUT2D eigenvalue weighted by Crippen LogP contribution is 2.34. The van der Waals surface area contributed by atoms with Crippen LogP contribution in [0.1, 0.15) is 43.0 Å². The summed E-state index contributed by atoms with van der Waals surface area (Å²) in [6.07, 6.45) is 3.81. The number of nitrogens with one attached hydrogen (secondary N) is 2. The van der Waals surface area contributed by atoms with E-state index in [2.05, 4.69) is 20.8 Å². The number of carbonyl (C=O) groups is 1. The second-order valence-electron chi connectivity index (χ2n) is 6.04. The van der Waals surface area contributed by atoms with Crippen LogP contribution in [0.15, 0.2) is 28.8 Å². The van der Waals surface area contributed by atoms with Crippen molar-refractivity contribution in [3.63, 3.8) is 0 Å². The molecule has 0 aliphatic heterocycles. The molecule has 3 rings (SSSR count). The van der Waals surface area contributed by atoms with Gasteiger partial charge in [-0.2, -0.15) is 4.98 Å². The number of hydrogen-bond acceptors (Lipinski definition) is 5. The first-order chi connectivity index (χ1) is 11.5. The molecule has 24 heavy (non-hydrogen) atoms. The molecule has 128 valence electrons. The Balaban J connectivity index is 1.46. The van der Waals surface area contributed by atoms with Crippen LogP contribution >= 0.6 is 0 Å². The molecule has 2 amide bonds. The Hall–Kier alpha value is -2.48. The predicted octanol–water partition coefficient (Wildman–Crippen LogP) is 1.94. The molecule has 2 aromatic rings. The topological polar surface area (TPSA) is 106 Å². The summed E-state index contributed by atoms with van der Waals surface area (Å²) in [6, 6.07) is 5.55. The largest absolute Gasteiger partial charge is 0.337 e. The van der Waals surface area contributed by atoms with Gasteiger partial charge in [0.05, 0.1) is 12.1 Å². The molecule has 1 saturated carbocycles. The first kappa shape index (κ1) is 16.4. The molecular weight excluding hydrogens is 313 g/mol. The van der Waals surface area contributed by atoms with Crippen LogP contribution in [0.4, 0.5) is 9.18 Å². The van der Waals surface area contributed by atoms with Crippen molar-refractivity contribution >= 4 is 6.03 Å². The van der Waals surface area contributed by atoms with Crippen LogP contribution in [0, 0.1) is 5.82 Å². The van der Waals surface area contributed by atoms with Crippen molar-refractivity contribution in [3.8, 4) is 0 Å². The predicted molar refractivity (Wildman–Crippen MR) is 84.1 cm³/mol. The summed E-state index contributed by atoms with van der Waals surface area (Å²) >= 11 is 0. The van der Waals surface area contributed by atoms with Crippen LogP contribution < -0.4 is 16.4 Å². The second-order valence-corrected chi connectivity index (χ2v) is 6.04. The summed E-state index contributed by atoms with van der Waals surface area (Å²) < 4.78 is 17.9. The number of rotatable bonds is 5. The van der Waals surface area contributed by atoms with Crippen LogP contribution in [-0.4, -0.2) is 16.2 Å². The Bertz CT molecular complexity index is 695. The summed E-state index contributed by atoms with van der Waals surface area (Å²) in [5.74, 6) is 0.512. The fourth-order valence-corrected chi connectivity index (χ4v) is 2.76. The lowest BCUT2D eigenvalue weighted by molar-refractivity contribution is 0.238. The van der Waals surface area contributed by atoms with Crippen molar-refractivity contribution in [2.45, 2.75) is 44.3 Å². The van der Waals surface area contributed by atoms with E-state index >= 15 is 0 Å². The number of nitrogens with zero attached hydrogens (tertiary/aromatic N) is 2. The maximum absolute atomic E-state index is 12.8. The Morgan fingerprint density at radius 2 is 1.88 bits per heavy atom. The van der Waals surface area contributed by atoms with Crippen molar-refractivity contribution in [2.75, 3.05) is 0 Å². The molecule has 0 unspecified atom stereocenters. The summed E-state index contributed by atoms with van der Waals surface area (Å²) in [5, 5.41) is 9.24. The fourth-order valence-electron chi connectivity index (χ4n) is 2.76. The summed E-state index contributed by atoms with van der Waals surface area (Å²) in [7, 11) is 0. The molecule has 1 fully saturated rings. The van der Waals surface area contributed by atoms with Crippen molar-refractivity contribution in [1.82, 2.24) is 20.8 Å². The molecule has 1 heterocycles. The van der Waals surface area contributed by atoms with Gasteiger partial charge in [0.25, 0.3) is 0 Å². The SMILES string of the molecule is NC1(c2noc(CNC(=O)NCc3ccc(F)cc3)n2)CCCC1. The number of nitrogens with two attached hydrogens (primary N) is 1. The van der Waals surface area contributed by atoms with Crippen molar-refractivity contribution in [2.24, 2.45) is 5.73 Å². The maximum atomic E-state index is 12.8. The van der Waals surface area contributed by atoms with Gasteiger partial charge in [-0.25, -0.2) is 9.18 Å². The van der Waals surface area contributed by atoms with E-state index in [1.807, 2.05) is 0 Å². The van der Waals surface area contributed by atoms with Crippen LogP contribution in [0.25, 0.3) is 0 Å². The molecule has 7 nitrogen and oxygen atoms in total. The van der Waals surface area contributed by atoms with Gasteiger partial charge in [0.2, 0.25) is 5.89 Å². The second kappa shape index (κ2) is 6.96. The number of aromatic nitrogens is 2. The highest BCUT2D eigenvalue weighted by atomic mass is 19.1. The normalized spacial score (nSPS) is 16.1. The highest BCUT2D eigenvalue weighted by Gasteiger charge is 2.35. The van der Waals surface area contributed by atoms with Crippen molar-refractivity contribution < 1.29 is 13.7 Å². The molecule has 0 atom stereocenters. The van der Waals surface area contributed by atoms with E-state index in [0.29, 0.717) is 18.3 Å². The molecule has 1 aromatic heterocycles. The number of carbonyl (C=O) groups excluding carboxylic acids is 1. The third-order valence-corrected chi connectivity index (χ3v) is 4.18. The van der Waals surface area contributed by atoms with Gasteiger partial charge in [-0.15, -0.1) is 0 Å². The molecule has 0 radical (unpaired) electrons. The molecule has 1 aliphatic rings. The van der Waals surface area contributed by atoms with Gasteiger partial charge in [0.15, 0.2) is 5.82 Å². The average molecular weight is 333 g/mol. The molecule has 0 bridgehead atoms. The fraction of sp³-hybridized carbons (Fsp3) is 0.438. The van der Waals surface area contributed by atoms with Crippen LogP contribution in [0.2, 0.25) is 0 Å². The number of urea groups is 1. The first-order valence-electron chi connectivity index (χ1n) is 7.93. The Kier molecular flexibility index (Phi) is 4.75. The van der Waals surface area contributed by atoms with Crippen LogP contribution in [0.3, 0.4) is 0 Å². The third-order valence-electron chi connectivity index (χ3n) is 4.18. The third kappa shape index (κ3) is 3.88. The Morgan fingerprint density at radius 3 is 2.58 bits per heavy atom. The number of amides is 2. The van der Waals surface area contributed by atoms with Crippen molar-refractivity contribution in [3.05, 3.63) is 47.4 Å².